The number of carbonyl (C=O) groups is 9. The molecule has 0 spiro atoms. The van der Waals surface area contributed by atoms with Gasteiger partial charge in [0, 0.05) is 92.5 Å². The van der Waals surface area contributed by atoms with Crippen LogP contribution in [0.15, 0.2) is 0 Å². The Hall–Kier alpha value is -5.49. The number of unbranched alkanes of at least 4 members (excludes halogenated alkanes) is 15. The van der Waals surface area contributed by atoms with E-state index < -0.39 is 189 Å². The van der Waals surface area contributed by atoms with Gasteiger partial charge in [-0.3, -0.25) is 43.2 Å². The summed E-state index contributed by atoms with van der Waals surface area (Å²) >= 11 is 0. The molecule has 0 aliphatic carbocycles. The fourth-order valence-electron chi connectivity index (χ4n) is 12.5. The van der Waals surface area contributed by atoms with Crippen molar-refractivity contribution < 1.29 is 132 Å². The van der Waals surface area contributed by atoms with E-state index in [-0.39, 0.29) is 90.5 Å². The Morgan fingerprint density at radius 1 is 0.365 bits per heavy atom. The summed E-state index contributed by atoms with van der Waals surface area (Å²) in [6.07, 6.45) is -6.45. The van der Waals surface area contributed by atoms with Gasteiger partial charge in [0.1, 0.15) is 97.4 Å². The van der Waals surface area contributed by atoms with Crippen LogP contribution < -0.4 is 47.9 Å². The first-order valence-corrected chi connectivity index (χ1v) is 37.0. The molecule has 36 heteroatoms. The highest BCUT2D eigenvalue weighted by molar-refractivity contribution is 5.90. The average molecular weight is 1500 g/mol. The number of nitrogens with one attached hydrogen (secondary N) is 9. The van der Waals surface area contributed by atoms with Crippen molar-refractivity contribution in [3.8, 4) is 0 Å². The van der Waals surface area contributed by atoms with Gasteiger partial charge in [-0.25, -0.2) is 0 Å². The van der Waals surface area contributed by atoms with E-state index in [1.807, 2.05) is 0 Å². The molecule has 20 N–H and O–H groups in total. The lowest BCUT2D eigenvalue weighted by molar-refractivity contribution is -0.270. The van der Waals surface area contributed by atoms with Crippen LogP contribution in [0.1, 0.15) is 181 Å². The van der Waals surface area contributed by atoms with Crippen LogP contribution in [-0.2, 0) is 76.3 Å². The summed E-state index contributed by atoms with van der Waals surface area (Å²) < 4.78 is 39.6. The topological polar surface area (TPSA) is 549 Å². The zero-order valence-corrected chi connectivity index (χ0v) is 60.5. The summed E-state index contributed by atoms with van der Waals surface area (Å²) in [5, 5.41) is 135. The Balaban J connectivity index is 1.31. The normalized spacial score (nSPS) is 28.1. The summed E-state index contributed by atoms with van der Waals surface area (Å²) in [6, 6.07) is -5.63. The van der Waals surface area contributed by atoms with Crippen LogP contribution in [0.25, 0.3) is 0 Å². The smallest absolute Gasteiger partial charge is 0.249 e. The first-order valence-electron chi connectivity index (χ1n) is 37.0. The van der Waals surface area contributed by atoms with Crippen molar-refractivity contribution in [2.24, 2.45) is 0 Å². The zero-order chi connectivity index (χ0) is 76.5. The number of amides is 9. The maximum absolute atomic E-state index is 13.9. The summed E-state index contributed by atoms with van der Waals surface area (Å²) in [5.74, 6) is -4.38. The summed E-state index contributed by atoms with van der Waals surface area (Å²) in [6.45, 7) is 3.04. The molecular weight excluding hydrogens is 1370 g/mol. The van der Waals surface area contributed by atoms with Crippen LogP contribution in [-0.4, -0.2) is 304 Å². The molecule has 0 bridgehead atoms. The maximum Gasteiger partial charge on any atom is 0.249 e. The molecular formula is C68H121N9O27. The number of aliphatic hydroxyl groups is 11. The number of hydrogen-bond donors (Lipinski definition) is 20. The van der Waals surface area contributed by atoms with Gasteiger partial charge in [-0.05, 0) is 64.2 Å². The lowest BCUT2D eigenvalue weighted by atomic mass is 9.97. The van der Waals surface area contributed by atoms with Gasteiger partial charge in [0.25, 0.3) is 0 Å². The van der Waals surface area contributed by atoms with E-state index >= 15 is 0 Å². The molecule has 0 aromatic heterocycles. The van der Waals surface area contributed by atoms with E-state index in [9.17, 15) is 99.3 Å². The first-order chi connectivity index (χ1) is 49.8. The predicted molar refractivity (Wildman–Crippen MR) is 367 cm³/mol. The molecule has 0 aromatic rings. The monoisotopic (exact) mass is 1500 g/mol. The average Bonchev–Trinajstić information content (AvgIpc) is 1.09. The van der Waals surface area contributed by atoms with Crippen molar-refractivity contribution in [3.05, 3.63) is 0 Å². The minimum atomic E-state index is -1.47. The van der Waals surface area contributed by atoms with Gasteiger partial charge in [-0.2, -0.15) is 0 Å². The molecule has 4 aliphatic heterocycles. The highest BCUT2D eigenvalue weighted by atomic mass is 16.7. The van der Waals surface area contributed by atoms with E-state index in [1.54, 1.807) is 0 Å². The van der Waals surface area contributed by atoms with Crippen LogP contribution in [0.2, 0.25) is 0 Å². The standard InChI is InChI=1S/C68H121N9O27/c1-40(82)73-54-60(92)57(89)48(37-79)102-66(54)98-32-20-12-9-16-28-69-51(86)26-24-43(63(95)70-29-18-10-13-21-33-99-67-55(74-41(2)83)61(93)58(90)49(38-80)103-67)77-53(88)27-25-44(76-52(87)23-15-7-5-4-6-8-17-31-72-65(97)46-35-45(85)47(36-78)101-46)64(96)71-30-19-11-14-22-34-100-68-56(75-42(3)84)62(94)59(91)50(39-81)104-68/h43-50,54-62,66-68,78-81,85,89-94H,4-39H2,1-3H3,(H,69,86)(H,70,95)(H,71,96)(H,72,97)(H,73,82)(H,74,83)(H,75,84)(H,76,87)(H,77,88)/t43?,44?,45-,46-,47+,48?,49?,50?,54?,55?,56?,57?,58?,59?,60?,61?,62?,66?,67?,68?/m1/s1. The second-order valence-electron chi connectivity index (χ2n) is 27.1. The first kappa shape index (κ1) is 90.9. The van der Waals surface area contributed by atoms with Crippen LogP contribution in [0.3, 0.4) is 0 Å². The maximum atomic E-state index is 13.9. The Bertz CT molecular complexity index is 2540. The van der Waals surface area contributed by atoms with E-state index in [4.69, 9.17) is 33.2 Å². The van der Waals surface area contributed by atoms with Gasteiger partial charge < -0.3 is 137 Å². The number of hydrogen-bond acceptors (Lipinski definition) is 27. The van der Waals surface area contributed by atoms with Crippen molar-refractivity contribution in [1.29, 1.82) is 0 Å². The second-order valence-corrected chi connectivity index (χ2v) is 27.1. The van der Waals surface area contributed by atoms with Gasteiger partial charge in [-0.15, -0.1) is 0 Å². The van der Waals surface area contributed by atoms with Crippen LogP contribution in [0, 0.1) is 0 Å². The van der Waals surface area contributed by atoms with Crippen molar-refractivity contribution in [1.82, 2.24) is 47.9 Å². The lowest BCUT2D eigenvalue weighted by Gasteiger charge is -2.42. The number of aliphatic hydroxyl groups excluding tert-OH is 11. The quantitative estimate of drug-likeness (QED) is 0.0254. The molecule has 9 amide bonds. The van der Waals surface area contributed by atoms with E-state index in [0.29, 0.717) is 96.4 Å². The highest BCUT2D eigenvalue weighted by Crippen LogP contribution is 2.27. The number of carbonyl (C=O) groups excluding carboxylic acids is 9. The molecule has 4 aliphatic rings. The van der Waals surface area contributed by atoms with Crippen molar-refractivity contribution in [2.45, 2.75) is 304 Å². The van der Waals surface area contributed by atoms with E-state index in [2.05, 4.69) is 47.9 Å². The molecule has 4 heterocycles. The second kappa shape index (κ2) is 51.0. The largest absolute Gasteiger partial charge is 0.394 e. The molecule has 4 rings (SSSR count). The third kappa shape index (κ3) is 33.3. The lowest BCUT2D eigenvalue weighted by Crippen LogP contribution is -2.64. The SMILES string of the molecule is CC(=O)NC1C(OCCCCCCNC(=O)CCC(NC(=O)CCC(NC(=O)CCCCCCCCCNC(=O)[C@H]2C[C@@H](O)[C@H](CO)O2)C(=O)NCCCCCCOC2OC(CO)C(O)C(O)C2NC(C)=O)C(=O)NCCCCCCOC2OC(CO)C(O)C(O)C2NC(C)=O)OC(CO)C(O)C1O. The molecule has 4 saturated heterocycles. The van der Waals surface area contributed by atoms with Crippen molar-refractivity contribution in [3.63, 3.8) is 0 Å². The Morgan fingerprint density at radius 3 is 1.04 bits per heavy atom. The van der Waals surface area contributed by atoms with Crippen molar-refractivity contribution >= 4 is 53.2 Å². The zero-order valence-electron chi connectivity index (χ0n) is 60.5. The fraction of sp³-hybridized carbons (Fsp3) is 0.868. The summed E-state index contributed by atoms with van der Waals surface area (Å²) in [7, 11) is 0. The predicted octanol–water partition coefficient (Wildman–Crippen LogP) is -4.83. The Morgan fingerprint density at radius 2 is 0.683 bits per heavy atom. The van der Waals surface area contributed by atoms with E-state index in [1.165, 1.54) is 20.8 Å². The molecule has 0 aromatic carbocycles. The summed E-state index contributed by atoms with van der Waals surface area (Å²) in [5.41, 5.74) is 0. The van der Waals surface area contributed by atoms with Gasteiger partial charge in [-0.1, -0.05) is 70.6 Å². The number of ether oxygens (including phenoxy) is 7. The molecule has 0 saturated carbocycles. The fourth-order valence-corrected chi connectivity index (χ4v) is 12.5. The van der Waals surface area contributed by atoms with Gasteiger partial charge in [0.2, 0.25) is 53.2 Å². The van der Waals surface area contributed by atoms with Crippen LogP contribution in [0.5, 0.6) is 0 Å². The Kier molecular flexibility index (Phi) is 44.5. The van der Waals surface area contributed by atoms with Crippen LogP contribution in [0.4, 0.5) is 0 Å². The molecule has 4 fully saturated rings. The Labute approximate surface area is 607 Å². The van der Waals surface area contributed by atoms with Crippen molar-refractivity contribution in [2.75, 3.05) is 72.4 Å². The van der Waals surface area contributed by atoms with Gasteiger partial charge >= 0.3 is 0 Å². The van der Waals surface area contributed by atoms with Gasteiger partial charge in [0.15, 0.2) is 18.9 Å². The molecule has 17 unspecified atom stereocenters. The van der Waals surface area contributed by atoms with E-state index in [0.717, 1.165) is 32.1 Å². The third-order valence-corrected chi connectivity index (χ3v) is 18.4. The minimum absolute atomic E-state index is 0.0907. The van der Waals surface area contributed by atoms with Crippen LogP contribution >= 0.6 is 0 Å². The highest BCUT2D eigenvalue weighted by Gasteiger charge is 2.48. The molecule has 600 valence electrons. The van der Waals surface area contributed by atoms with Gasteiger partial charge in [0.05, 0.1) is 32.5 Å². The third-order valence-electron chi connectivity index (χ3n) is 18.4. The number of rotatable bonds is 52. The molecule has 20 atom stereocenters. The minimum Gasteiger partial charge on any atom is -0.394 e. The molecule has 36 nitrogen and oxygen atoms in total. The molecule has 104 heavy (non-hydrogen) atoms. The molecule has 0 radical (unpaired) electrons. The summed E-state index contributed by atoms with van der Waals surface area (Å²) in [4.78, 5) is 116.